The van der Waals surface area contributed by atoms with E-state index in [2.05, 4.69) is 20.8 Å². The third-order valence-corrected chi connectivity index (χ3v) is 9.46. The van der Waals surface area contributed by atoms with Crippen LogP contribution in [0.2, 0.25) is 0 Å². The summed E-state index contributed by atoms with van der Waals surface area (Å²) in [5.74, 6) is -2.53. The van der Waals surface area contributed by atoms with Gasteiger partial charge in [0.15, 0.2) is 0 Å². The zero-order valence-electron chi connectivity index (χ0n) is 28.9. The van der Waals surface area contributed by atoms with Gasteiger partial charge in [-0.15, -0.1) is 0 Å². The van der Waals surface area contributed by atoms with Crippen molar-refractivity contribution in [3.05, 3.63) is 47.6 Å². The van der Waals surface area contributed by atoms with E-state index < -0.39 is 48.0 Å². The summed E-state index contributed by atoms with van der Waals surface area (Å²) in [5, 5.41) is 62.8. The summed E-state index contributed by atoms with van der Waals surface area (Å²) < 4.78 is 6.60. The first-order valence-electron chi connectivity index (χ1n) is 16.3. The minimum Gasteiger partial charge on any atom is -0.481 e. The van der Waals surface area contributed by atoms with Crippen molar-refractivity contribution in [2.24, 2.45) is 35.5 Å². The van der Waals surface area contributed by atoms with Crippen LogP contribution < -0.4 is 0 Å². The molecule has 0 aromatic carbocycles. The van der Waals surface area contributed by atoms with Crippen molar-refractivity contribution in [3.8, 4) is 0 Å². The Morgan fingerprint density at radius 1 is 0.864 bits per heavy atom. The van der Waals surface area contributed by atoms with Crippen LogP contribution in [0.25, 0.3) is 0 Å². The summed E-state index contributed by atoms with van der Waals surface area (Å²) in [7, 11) is 0. The van der Waals surface area contributed by atoms with Gasteiger partial charge in [-0.25, -0.2) is 0 Å². The van der Waals surface area contributed by atoms with Crippen LogP contribution in [0.1, 0.15) is 95.4 Å². The SMILES string of the molecule is CCC(C)C[C@]1(C)C[C@H](C)[C@@H](O)[C@](C)(/C=C(\C)C(O)C(C)/C=C/C(O)C(C)/C=C/C(O)C(C)/C=C(\C)C(O)C(C)C(=O)O)O1. The van der Waals surface area contributed by atoms with Crippen LogP contribution in [0.5, 0.6) is 0 Å². The van der Waals surface area contributed by atoms with Crippen LogP contribution in [0, 0.1) is 35.5 Å². The smallest absolute Gasteiger partial charge is 0.309 e. The average Bonchev–Trinajstić information content (AvgIpc) is 2.94. The quantitative estimate of drug-likeness (QED) is 0.125. The van der Waals surface area contributed by atoms with Crippen molar-refractivity contribution in [1.29, 1.82) is 0 Å². The summed E-state index contributed by atoms with van der Waals surface area (Å²) >= 11 is 0. The number of carboxylic acid groups (broad SMARTS) is 1. The number of aliphatic hydroxyl groups excluding tert-OH is 5. The molecular weight excluding hydrogens is 560 g/mol. The molecule has 0 aliphatic carbocycles. The summed E-state index contributed by atoms with van der Waals surface area (Å²) in [6.07, 6.45) is 8.51. The van der Waals surface area contributed by atoms with Crippen molar-refractivity contribution < 1.29 is 40.2 Å². The lowest BCUT2D eigenvalue weighted by Crippen LogP contribution is -2.57. The highest BCUT2D eigenvalue weighted by Crippen LogP contribution is 2.43. The number of aliphatic hydroxyl groups is 5. The van der Waals surface area contributed by atoms with Crippen molar-refractivity contribution in [3.63, 3.8) is 0 Å². The number of hydrogen-bond donors (Lipinski definition) is 6. The standard InChI is InChI=1S/C36H62O8/c1-12-21(2)18-35(10)19-27(8)33(41)36(11,44-35)20-26(7)31(39)23(4)14-16-29(37)22(3)13-15-30(38)24(5)17-25(6)32(40)28(9)34(42)43/h13-17,20-24,27-33,37-41H,12,18-19H2,1-11H3,(H,42,43)/b15-13+,16-14+,25-17+,26-20+/t21?,22?,23?,24?,27-,28?,29?,30?,31?,32?,33+,35+,36-/m0/s1. The van der Waals surface area contributed by atoms with E-state index in [1.807, 2.05) is 40.7 Å². The summed E-state index contributed by atoms with van der Waals surface area (Å²) in [4.78, 5) is 11.1. The van der Waals surface area contributed by atoms with Crippen molar-refractivity contribution >= 4 is 5.97 Å². The van der Waals surface area contributed by atoms with Gasteiger partial charge in [-0.1, -0.05) is 78.3 Å². The lowest BCUT2D eigenvalue weighted by molar-refractivity contribution is -0.224. The fourth-order valence-electron chi connectivity index (χ4n) is 6.35. The molecule has 8 heteroatoms. The van der Waals surface area contributed by atoms with Crippen molar-refractivity contribution in [2.75, 3.05) is 0 Å². The predicted molar refractivity (Wildman–Crippen MR) is 176 cm³/mol. The topological polar surface area (TPSA) is 148 Å². The molecule has 0 amide bonds. The molecule has 13 atom stereocenters. The highest BCUT2D eigenvalue weighted by Gasteiger charge is 2.48. The van der Waals surface area contributed by atoms with E-state index in [0.717, 1.165) is 19.3 Å². The van der Waals surface area contributed by atoms with Gasteiger partial charge < -0.3 is 35.4 Å². The first kappa shape index (κ1) is 40.2. The van der Waals surface area contributed by atoms with E-state index in [-0.39, 0.29) is 29.3 Å². The maximum Gasteiger partial charge on any atom is 0.309 e. The van der Waals surface area contributed by atoms with Gasteiger partial charge in [-0.05, 0) is 76.5 Å². The first-order chi connectivity index (χ1) is 20.2. The second-order valence-electron chi connectivity index (χ2n) is 14.2. The Hall–Kier alpha value is -1.81. The second kappa shape index (κ2) is 17.2. The normalized spacial score (nSPS) is 31.7. The van der Waals surface area contributed by atoms with Crippen LogP contribution in [0.15, 0.2) is 47.6 Å². The lowest BCUT2D eigenvalue weighted by atomic mass is 9.74. The molecule has 1 saturated heterocycles. The van der Waals surface area contributed by atoms with Crippen LogP contribution in [0.3, 0.4) is 0 Å². The second-order valence-corrected chi connectivity index (χ2v) is 14.2. The van der Waals surface area contributed by atoms with Crippen LogP contribution in [-0.4, -0.2) is 78.3 Å². The molecule has 0 spiro atoms. The highest BCUT2D eigenvalue weighted by molar-refractivity contribution is 5.70. The van der Waals surface area contributed by atoms with Crippen LogP contribution >= 0.6 is 0 Å². The summed E-state index contributed by atoms with van der Waals surface area (Å²) in [5.41, 5.74) is -0.147. The molecule has 1 rings (SSSR count). The zero-order chi connectivity index (χ0) is 34.2. The Morgan fingerprint density at radius 2 is 1.39 bits per heavy atom. The number of aliphatic carboxylic acids is 1. The molecule has 0 saturated carbocycles. The first-order valence-corrected chi connectivity index (χ1v) is 16.3. The van der Waals surface area contributed by atoms with E-state index in [9.17, 15) is 30.3 Å². The van der Waals surface area contributed by atoms with E-state index in [1.54, 1.807) is 44.2 Å². The van der Waals surface area contributed by atoms with Crippen LogP contribution in [-0.2, 0) is 9.53 Å². The molecule has 1 aliphatic heterocycles. The van der Waals surface area contributed by atoms with Gasteiger partial charge in [0, 0.05) is 17.8 Å². The minimum atomic E-state index is -1.14. The maximum atomic E-state index is 11.1. The molecule has 0 aromatic heterocycles. The molecule has 6 N–H and O–H groups in total. The molecule has 254 valence electrons. The van der Waals surface area contributed by atoms with Gasteiger partial charge in [0.05, 0.1) is 42.0 Å². The fraction of sp³-hybridized carbons (Fsp3) is 0.750. The maximum absolute atomic E-state index is 11.1. The fourth-order valence-corrected chi connectivity index (χ4v) is 6.35. The third kappa shape index (κ3) is 11.5. The van der Waals surface area contributed by atoms with Crippen LogP contribution in [0.4, 0.5) is 0 Å². The lowest BCUT2D eigenvalue weighted by Gasteiger charge is -2.51. The largest absolute Gasteiger partial charge is 0.481 e. The summed E-state index contributed by atoms with van der Waals surface area (Å²) in [6.45, 7) is 20.8. The van der Waals surface area contributed by atoms with Crippen molar-refractivity contribution in [1.82, 2.24) is 0 Å². The number of carboxylic acids is 1. The molecule has 44 heavy (non-hydrogen) atoms. The molecule has 9 unspecified atom stereocenters. The predicted octanol–water partition coefficient (Wildman–Crippen LogP) is 5.43. The Morgan fingerprint density at radius 3 is 1.91 bits per heavy atom. The van der Waals surface area contributed by atoms with Gasteiger partial charge >= 0.3 is 5.97 Å². The molecular formula is C36H62O8. The Bertz CT molecular complexity index is 1030. The molecule has 0 radical (unpaired) electrons. The molecule has 1 heterocycles. The number of hydrogen-bond acceptors (Lipinski definition) is 7. The number of ether oxygens (including phenoxy) is 1. The monoisotopic (exact) mass is 622 g/mol. The molecule has 0 bridgehead atoms. The summed E-state index contributed by atoms with van der Waals surface area (Å²) in [6, 6.07) is 0. The Kier molecular flexibility index (Phi) is 15.7. The number of rotatable bonds is 16. The van der Waals surface area contributed by atoms with E-state index >= 15 is 0 Å². The molecule has 1 fully saturated rings. The van der Waals surface area contributed by atoms with Crippen molar-refractivity contribution in [2.45, 2.75) is 137 Å². The third-order valence-electron chi connectivity index (χ3n) is 9.46. The minimum absolute atomic E-state index is 0.0415. The molecule has 0 aromatic rings. The zero-order valence-corrected chi connectivity index (χ0v) is 28.9. The van der Waals surface area contributed by atoms with Gasteiger partial charge in [-0.3, -0.25) is 4.79 Å². The molecule has 8 nitrogen and oxygen atoms in total. The Labute approximate surface area is 266 Å². The highest BCUT2D eigenvalue weighted by atomic mass is 16.5. The van der Waals surface area contributed by atoms with E-state index in [4.69, 9.17) is 9.84 Å². The van der Waals surface area contributed by atoms with Gasteiger partial charge in [0.1, 0.15) is 5.60 Å². The van der Waals surface area contributed by atoms with E-state index in [0.29, 0.717) is 17.1 Å². The van der Waals surface area contributed by atoms with E-state index in [1.165, 1.54) is 6.92 Å². The Balaban J connectivity index is 2.90. The molecule has 1 aliphatic rings. The van der Waals surface area contributed by atoms with Gasteiger partial charge in [0.25, 0.3) is 0 Å². The van der Waals surface area contributed by atoms with Gasteiger partial charge in [-0.2, -0.15) is 0 Å². The average molecular weight is 623 g/mol. The number of carbonyl (C=O) groups is 1. The van der Waals surface area contributed by atoms with Gasteiger partial charge in [0.2, 0.25) is 0 Å².